The van der Waals surface area contributed by atoms with Crippen molar-refractivity contribution in [2.45, 2.75) is 51.4 Å². The average molecular weight is 421 g/mol. The van der Waals surface area contributed by atoms with Crippen LogP contribution < -0.4 is 19.9 Å². The van der Waals surface area contributed by atoms with Crippen LogP contribution in [0.1, 0.15) is 37.3 Å². The predicted molar refractivity (Wildman–Crippen MR) is 119 cm³/mol. The Balaban J connectivity index is 0.00000300. The standard InChI is InChI=1S/C23H32N2O3.ClH/c1-17(24)20-11-7-8-12-25(20)15-19-13-21(26-2)23(22(14-19)27-3)28-16-18-9-5-4-6-10-18;/h4-6,9-10,13-14,17,20H,7-8,11-12,15-16,24H2,1-3H3;1H. The molecule has 160 valence electrons. The molecule has 1 aliphatic rings. The Labute approximate surface area is 180 Å². The zero-order valence-corrected chi connectivity index (χ0v) is 18.4. The summed E-state index contributed by atoms with van der Waals surface area (Å²) >= 11 is 0. The highest BCUT2D eigenvalue weighted by molar-refractivity contribution is 5.85. The summed E-state index contributed by atoms with van der Waals surface area (Å²) in [7, 11) is 3.33. The smallest absolute Gasteiger partial charge is 0.203 e. The van der Waals surface area contributed by atoms with Crippen LogP contribution in [0.4, 0.5) is 0 Å². The Bertz CT molecular complexity index is 730. The average Bonchev–Trinajstić information content (AvgIpc) is 2.73. The van der Waals surface area contributed by atoms with Crippen LogP contribution in [0.2, 0.25) is 0 Å². The van der Waals surface area contributed by atoms with Crippen LogP contribution in [-0.4, -0.2) is 37.7 Å². The molecular weight excluding hydrogens is 388 g/mol. The van der Waals surface area contributed by atoms with Crippen molar-refractivity contribution in [1.82, 2.24) is 4.90 Å². The van der Waals surface area contributed by atoms with E-state index in [4.69, 9.17) is 19.9 Å². The second kappa shape index (κ2) is 11.3. The molecule has 3 rings (SSSR count). The normalized spacial score (nSPS) is 17.9. The molecule has 0 amide bonds. The summed E-state index contributed by atoms with van der Waals surface area (Å²) in [6, 6.07) is 14.8. The number of nitrogens with two attached hydrogens (primary N) is 1. The molecule has 0 saturated carbocycles. The van der Waals surface area contributed by atoms with E-state index in [2.05, 4.69) is 24.0 Å². The van der Waals surface area contributed by atoms with Crippen LogP contribution in [0.25, 0.3) is 0 Å². The summed E-state index contributed by atoms with van der Waals surface area (Å²) in [5, 5.41) is 0. The first-order valence-corrected chi connectivity index (χ1v) is 10.0. The van der Waals surface area contributed by atoms with Gasteiger partial charge in [-0.25, -0.2) is 0 Å². The molecule has 29 heavy (non-hydrogen) atoms. The largest absolute Gasteiger partial charge is 0.493 e. The Morgan fingerprint density at radius 1 is 1.03 bits per heavy atom. The molecule has 5 nitrogen and oxygen atoms in total. The van der Waals surface area contributed by atoms with Crippen LogP contribution in [0, 0.1) is 0 Å². The minimum atomic E-state index is 0. The SMILES string of the molecule is COc1cc(CN2CCCCC2C(C)N)cc(OC)c1OCc1ccccc1.Cl. The molecule has 6 heteroatoms. The quantitative estimate of drug-likeness (QED) is 0.685. The molecule has 1 heterocycles. The first-order valence-electron chi connectivity index (χ1n) is 10.0. The summed E-state index contributed by atoms with van der Waals surface area (Å²) in [4.78, 5) is 2.48. The highest BCUT2D eigenvalue weighted by Gasteiger charge is 2.26. The van der Waals surface area contributed by atoms with Crippen molar-refractivity contribution < 1.29 is 14.2 Å². The van der Waals surface area contributed by atoms with Crippen LogP contribution in [-0.2, 0) is 13.2 Å². The maximum atomic E-state index is 6.23. The Hall–Kier alpha value is -1.95. The topological polar surface area (TPSA) is 57.0 Å². The maximum absolute atomic E-state index is 6.23. The van der Waals surface area contributed by atoms with Gasteiger partial charge in [0.05, 0.1) is 14.2 Å². The highest BCUT2D eigenvalue weighted by Crippen LogP contribution is 2.39. The molecular formula is C23H33ClN2O3. The third-order valence-corrected chi connectivity index (χ3v) is 5.40. The minimum absolute atomic E-state index is 0. The number of likely N-dealkylation sites (tertiary alicyclic amines) is 1. The molecule has 0 aromatic heterocycles. The van der Waals surface area contributed by atoms with E-state index < -0.39 is 0 Å². The van der Waals surface area contributed by atoms with E-state index >= 15 is 0 Å². The van der Waals surface area contributed by atoms with Crippen molar-refractivity contribution >= 4 is 12.4 Å². The maximum Gasteiger partial charge on any atom is 0.203 e. The zero-order valence-electron chi connectivity index (χ0n) is 17.6. The van der Waals surface area contributed by atoms with Gasteiger partial charge >= 0.3 is 0 Å². The molecule has 0 radical (unpaired) electrons. The lowest BCUT2D eigenvalue weighted by Crippen LogP contribution is -2.48. The number of rotatable bonds is 8. The fourth-order valence-corrected chi connectivity index (χ4v) is 3.94. The molecule has 2 aromatic rings. The van der Waals surface area contributed by atoms with Crippen molar-refractivity contribution in [2.75, 3.05) is 20.8 Å². The first-order chi connectivity index (χ1) is 13.6. The minimum Gasteiger partial charge on any atom is -0.493 e. The van der Waals surface area contributed by atoms with Crippen molar-refractivity contribution in [2.24, 2.45) is 5.73 Å². The Morgan fingerprint density at radius 3 is 2.28 bits per heavy atom. The number of benzene rings is 2. The molecule has 1 aliphatic heterocycles. The molecule has 2 N–H and O–H groups in total. The number of hydrogen-bond donors (Lipinski definition) is 1. The van der Waals surface area contributed by atoms with Gasteiger partial charge in [-0.2, -0.15) is 0 Å². The van der Waals surface area contributed by atoms with Crippen LogP contribution in [0.5, 0.6) is 17.2 Å². The predicted octanol–water partition coefficient (Wildman–Crippen LogP) is 4.41. The third kappa shape index (κ3) is 6.01. The Kier molecular flexibility index (Phi) is 9.08. The van der Waals surface area contributed by atoms with E-state index in [9.17, 15) is 0 Å². The number of hydrogen-bond acceptors (Lipinski definition) is 5. The van der Waals surface area contributed by atoms with Gasteiger partial charge in [0.15, 0.2) is 11.5 Å². The van der Waals surface area contributed by atoms with Gasteiger partial charge in [0.2, 0.25) is 5.75 Å². The molecule has 0 aliphatic carbocycles. The van der Waals surface area contributed by atoms with E-state index in [1.54, 1.807) is 14.2 Å². The molecule has 2 aromatic carbocycles. The van der Waals surface area contributed by atoms with E-state index in [0.717, 1.165) is 30.6 Å². The van der Waals surface area contributed by atoms with Crippen LogP contribution in [0.3, 0.4) is 0 Å². The van der Waals surface area contributed by atoms with Gasteiger partial charge in [-0.05, 0) is 49.6 Å². The molecule has 0 spiro atoms. The fraction of sp³-hybridized carbons (Fsp3) is 0.478. The van der Waals surface area contributed by atoms with Crippen LogP contribution >= 0.6 is 12.4 Å². The number of ether oxygens (including phenoxy) is 3. The third-order valence-electron chi connectivity index (χ3n) is 5.40. The van der Waals surface area contributed by atoms with Gasteiger partial charge in [-0.1, -0.05) is 36.8 Å². The molecule has 2 atom stereocenters. The van der Waals surface area contributed by atoms with E-state index in [-0.39, 0.29) is 18.4 Å². The number of nitrogens with zero attached hydrogens (tertiary/aromatic N) is 1. The van der Waals surface area contributed by atoms with Crippen molar-refractivity contribution in [3.63, 3.8) is 0 Å². The summed E-state index contributed by atoms with van der Waals surface area (Å²) in [6.07, 6.45) is 3.63. The summed E-state index contributed by atoms with van der Waals surface area (Å²) < 4.78 is 17.3. The summed E-state index contributed by atoms with van der Waals surface area (Å²) in [5.74, 6) is 2.03. The van der Waals surface area contributed by atoms with Crippen LogP contribution in [0.15, 0.2) is 42.5 Å². The molecule has 2 unspecified atom stereocenters. The summed E-state index contributed by atoms with van der Waals surface area (Å²) in [5.41, 5.74) is 8.48. The van der Waals surface area contributed by atoms with Gasteiger partial charge in [-0.15, -0.1) is 12.4 Å². The van der Waals surface area contributed by atoms with Gasteiger partial charge in [-0.3, -0.25) is 4.90 Å². The van der Waals surface area contributed by atoms with Crippen molar-refractivity contribution in [1.29, 1.82) is 0 Å². The monoisotopic (exact) mass is 420 g/mol. The number of piperidine rings is 1. The lowest BCUT2D eigenvalue weighted by molar-refractivity contribution is 0.122. The van der Waals surface area contributed by atoms with E-state index in [1.165, 1.54) is 12.8 Å². The summed E-state index contributed by atoms with van der Waals surface area (Å²) in [6.45, 7) is 4.47. The second-order valence-corrected chi connectivity index (χ2v) is 7.50. The zero-order chi connectivity index (χ0) is 19.9. The van der Waals surface area contributed by atoms with Gasteiger partial charge < -0.3 is 19.9 Å². The lowest BCUT2D eigenvalue weighted by Gasteiger charge is -2.38. The molecule has 1 fully saturated rings. The van der Waals surface area contributed by atoms with E-state index in [1.807, 2.05) is 30.3 Å². The van der Waals surface area contributed by atoms with Gasteiger partial charge in [0, 0.05) is 18.6 Å². The fourth-order valence-electron chi connectivity index (χ4n) is 3.94. The van der Waals surface area contributed by atoms with Gasteiger partial charge in [0.25, 0.3) is 0 Å². The second-order valence-electron chi connectivity index (χ2n) is 7.50. The first kappa shape index (κ1) is 23.3. The van der Waals surface area contributed by atoms with Gasteiger partial charge in [0.1, 0.15) is 6.61 Å². The highest BCUT2D eigenvalue weighted by atomic mass is 35.5. The molecule has 1 saturated heterocycles. The lowest BCUT2D eigenvalue weighted by atomic mass is 9.96. The Morgan fingerprint density at radius 2 is 1.69 bits per heavy atom. The number of methoxy groups -OCH3 is 2. The van der Waals surface area contributed by atoms with Crippen molar-refractivity contribution in [3.05, 3.63) is 53.6 Å². The molecule has 0 bridgehead atoms. The number of halogens is 1. The van der Waals surface area contributed by atoms with E-state index in [0.29, 0.717) is 29.9 Å². The van der Waals surface area contributed by atoms with Crippen molar-refractivity contribution in [3.8, 4) is 17.2 Å².